The summed E-state index contributed by atoms with van der Waals surface area (Å²) in [7, 11) is 0. The van der Waals surface area contributed by atoms with Gasteiger partial charge >= 0.3 is 0 Å². The van der Waals surface area contributed by atoms with Gasteiger partial charge in [0.25, 0.3) is 0 Å². The quantitative estimate of drug-likeness (QED) is 0.821. The molecule has 0 radical (unpaired) electrons. The maximum absolute atomic E-state index is 6.12. The van der Waals surface area contributed by atoms with E-state index in [2.05, 4.69) is 28.9 Å². The van der Waals surface area contributed by atoms with Gasteiger partial charge in [-0.25, -0.2) is 4.98 Å². The SMILES string of the molecule is CCc1nnc(N2CCOC(c3ccc(Cl)c(Cl)c3)C2)nc1CC. The van der Waals surface area contributed by atoms with E-state index in [0.717, 1.165) is 36.3 Å². The van der Waals surface area contributed by atoms with E-state index in [0.29, 0.717) is 29.1 Å². The van der Waals surface area contributed by atoms with Crippen LogP contribution in [0.15, 0.2) is 18.2 Å². The zero-order valence-corrected chi connectivity index (χ0v) is 15.3. The standard InChI is InChI=1S/C17H20Cl2N4O/c1-3-14-15(4-2)21-22-17(20-14)23-7-8-24-16(10-23)11-5-6-12(18)13(19)9-11/h5-6,9,16H,3-4,7-8,10H2,1-2H3. The molecule has 1 saturated heterocycles. The fourth-order valence-corrected chi connectivity index (χ4v) is 3.11. The number of morpholine rings is 1. The first-order chi connectivity index (χ1) is 11.6. The first-order valence-corrected chi connectivity index (χ1v) is 8.92. The van der Waals surface area contributed by atoms with E-state index in [4.69, 9.17) is 32.9 Å². The van der Waals surface area contributed by atoms with Crippen LogP contribution in [0, 0.1) is 0 Å². The Morgan fingerprint density at radius 2 is 1.92 bits per heavy atom. The maximum atomic E-state index is 6.12. The molecule has 0 amide bonds. The summed E-state index contributed by atoms with van der Waals surface area (Å²) < 4.78 is 5.89. The molecule has 0 N–H and O–H groups in total. The van der Waals surface area contributed by atoms with Crippen molar-refractivity contribution in [1.29, 1.82) is 0 Å². The van der Waals surface area contributed by atoms with Crippen LogP contribution in [0.1, 0.15) is 36.9 Å². The summed E-state index contributed by atoms with van der Waals surface area (Å²) in [6.45, 7) is 6.16. The summed E-state index contributed by atoms with van der Waals surface area (Å²) in [4.78, 5) is 6.81. The summed E-state index contributed by atoms with van der Waals surface area (Å²) >= 11 is 12.1. The second-order valence-corrected chi connectivity index (χ2v) is 6.51. The van der Waals surface area contributed by atoms with Crippen molar-refractivity contribution < 1.29 is 4.74 Å². The summed E-state index contributed by atoms with van der Waals surface area (Å²) in [6, 6.07) is 5.60. The molecule has 1 unspecified atom stereocenters. The van der Waals surface area contributed by atoms with Gasteiger partial charge in [0, 0.05) is 6.54 Å². The Labute approximate surface area is 152 Å². The molecule has 2 aromatic rings. The van der Waals surface area contributed by atoms with E-state index < -0.39 is 0 Å². The van der Waals surface area contributed by atoms with Gasteiger partial charge in [-0.15, -0.1) is 5.10 Å². The number of halogens is 2. The molecule has 2 heterocycles. The fraction of sp³-hybridized carbons (Fsp3) is 0.471. The van der Waals surface area contributed by atoms with Crippen molar-refractivity contribution >= 4 is 29.2 Å². The summed E-state index contributed by atoms with van der Waals surface area (Å²) in [5, 5.41) is 9.72. The molecule has 0 saturated carbocycles. The zero-order chi connectivity index (χ0) is 17.1. The predicted octanol–water partition coefficient (Wildman–Crippen LogP) is 3.88. The third kappa shape index (κ3) is 3.63. The summed E-state index contributed by atoms with van der Waals surface area (Å²) in [6.07, 6.45) is 1.61. The van der Waals surface area contributed by atoms with Crippen LogP contribution in [0.2, 0.25) is 10.0 Å². The molecule has 3 rings (SSSR count). The van der Waals surface area contributed by atoms with Gasteiger partial charge in [0.05, 0.1) is 34.6 Å². The lowest BCUT2D eigenvalue weighted by Gasteiger charge is -2.33. The average Bonchev–Trinajstić information content (AvgIpc) is 2.63. The first kappa shape index (κ1) is 17.4. The Hall–Kier alpha value is -1.43. The third-order valence-electron chi connectivity index (χ3n) is 4.16. The Balaban J connectivity index is 1.81. The van der Waals surface area contributed by atoms with Gasteiger partial charge in [-0.1, -0.05) is 43.1 Å². The number of anilines is 1. The minimum Gasteiger partial charge on any atom is -0.370 e. The number of aryl methyl sites for hydroxylation is 2. The van der Waals surface area contributed by atoms with E-state index in [1.54, 1.807) is 6.07 Å². The van der Waals surface area contributed by atoms with Gasteiger partial charge in [-0.3, -0.25) is 0 Å². The lowest BCUT2D eigenvalue weighted by molar-refractivity contribution is 0.0391. The predicted molar refractivity (Wildman–Crippen MR) is 96.0 cm³/mol. The van der Waals surface area contributed by atoms with Crippen LogP contribution in [-0.4, -0.2) is 34.9 Å². The van der Waals surface area contributed by atoms with Gasteiger partial charge in [-0.05, 0) is 30.5 Å². The Morgan fingerprint density at radius 1 is 1.12 bits per heavy atom. The summed E-state index contributed by atoms with van der Waals surface area (Å²) in [5.41, 5.74) is 2.98. The normalized spacial score (nSPS) is 18.0. The van der Waals surface area contributed by atoms with Crippen molar-refractivity contribution in [2.75, 3.05) is 24.6 Å². The van der Waals surface area contributed by atoms with Crippen LogP contribution in [-0.2, 0) is 17.6 Å². The van der Waals surface area contributed by atoms with Gasteiger partial charge < -0.3 is 9.64 Å². The zero-order valence-electron chi connectivity index (χ0n) is 13.8. The van der Waals surface area contributed by atoms with Crippen LogP contribution < -0.4 is 4.90 Å². The molecule has 1 aromatic heterocycles. The van der Waals surface area contributed by atoms with Crippen LogP contribution in [0.3, 0.4) is 0 Å². The minimum absolute atomic E-state index is 0.0898. The molecule has 1 aliphatic rings. The van der Waals surface area contributed by atoms with E-state index in [-0.39, 0.29) is 6.10 Å². The second-order valence-electron chi connectivity index (χ2n) is 5.69. The van der Waals surface area contributed by atoms with Crippen molar-refractivity contribution in [3.63, 3.8) is 0 Å². The van der Waals surface area contributed by atoms with Gasteiger partial charge in [0.2, 0.25) is 5.95 Å². The molecule has 0 spiro atoms. The number of hydrogen-bond acceptors (Lipinski definition) is 5. The molecule has 1 aliphatic heterocycles. The largest absolute Gasteiger partial charge is 0.370 e. The number of aromatic nitrogens is 3. The van der Waals surface area contributed by atoms with Crippen LogP contribution >= 0.6 is 23.2 Å². The highest BCUT2D eigenvalue weighted by Gasteiger charge is 2.25. The van der Waals surface area contributed by atoms with Crippen LogP contribution in [0.5, 0.6) is 0 Å². The van der Waals surface area contributed by atoms with Crippen molar-refractivity contribution in [3.8, 4) is 0 Å². The number of ether oxygens (including phenoxy) is 1. The van der Waals surface area contributed by atoms with E-state index >= 15 is 0 Å². The topological polar surface area (TPSA) is 51.1 Å². The number of rotatable bonds is 4. The molecule has 5 nitrogen and oxygen atoms in total. The minimum atomic E-state index is -0.0898. The number of nitrogens with zero attached hydrogens (tertiary/aromatic N) is 4. The fourth-order valence-electron chi connectivity index (χ4n) is 2.81. The van der Waals surface area contributed by atoms with Crippen molar-refractivity contribution in [2.24, 2.45) is 0 Å². The Kier molecular flexibility index (Phi) is 5.54. The Morgan fingerprint density at radius 3 is 2.62 bits per heavy atom. The monoisotopic (exact) mass is 366 g/mol. The molecular weight excluding hydrogens is 347 g/mol. The van der Waals surface area contributed by atoms with Crippen molar-refractivity contribution in [3.05, 3.63) is 45.2 Å². The lowest BCUT2D eigenvalue weighted by atomic mass is 10.1. The first-order valence-electron chi connectivity index (χ1n) is 8.16. The van der Waals surface area contributed by atoms with Gasteiger partial charge in [0.1, 0.15) is 6.10 Å². The highest BCUT2D eigenvalue weighted by atomic mass is 35.5. The lowest BCUT2D eigenvalue weighted by Crippen LogP contribution is -2.39. The highest BCUT2D eigenvalue weighted by Crippen LogP contribution is 2.29. The summed E-state index contributed by atoms with van der Waals surface area (Å²) in [5.74, 6) is 0.664. The smallest absolute Gasteiger partial charge is 0.245 e. The molecule has 7 heteroatoms. The van der Waals surface area contributed by atoms with Crippen molar-refractivity contribution in [1.82, 2.24) is 15.2 Å². The number of hydrogen-bond donors (Lipinski definition) is 0. The van der Waals surface area contributed by atoms with E-state index in [1.807, 2.05) is 12.1 Å². The second kappa shape index (κ2) is 7.64. The van der Waals surface area contributed by atoms with E-state index in [9.17, 15) is 0 Å². The molecule has 1 fully saturated rings. The average molecular weight is 367 g/mol. The maximum Gasteiger partial charge on any atom is 0.245 e. The third-order valence-corrected chi connectivity index (χ3v) is 4.90. The molecule has 1 aromatic carbocycles. The molecule has 24 heavy (non-hydrogen) atoms. The number of benzene rings is 1. The van der Waals surface area contributed by atoms with Gasteiger partial charge in [0.15, 0.2) is 0 Å². The van der Waals surface area contributed by atoms with Crippen LogP contribution in [0.4, 0.5) is 5.95 Å². The molecule has 1 atom stereocenters. The van der Waals surface area contributed by atoms with E-state index in [1.165, 1.54) is 0 Å². The Bertz CT molecular complexity index is 726. The van der Waals surface area contributed by atoms with Crippen LogP contribution in [0.25, 0.3) is 0 Å². The van der Waals surface area contributed by atoms with Crippen molar-refractivity contribution in [2.45, 2.75) is 32.8 Å². The van der Waals surface area contributed by atoms with Gasteiger partial charge in [-0.2, -0.15) is 5.10 Å². The molecule has 0 aliphatic carbocycles. The molecule has 0 bridgehead atoms. The molecule has 128 valence electrons. The molecular formula is C17H20Cl2N4O. The highest BCUT2D eigenvalue weighted by molar-refractivity contribution is 6.42.